The number of benzene rings is 1. The number of hydrogen-bond acceptors (Lipinski definition) is 4. The first kappa shape index (κ1) is 12.8. The molecule has 1 unspecified atom stereocenters. The van der Waals surface area contributed by atoms with Crippen LogP contribution < -0.4 is 10.2 Å². The van der Waals surface area contributed by atoms with Gasteiger partial charge in [-0.15, -0.1) is 0 Å². The van der Waals surface area contributed by atoms with Crippen molar-refractivity contribution < 1.29 is 14.7 Å². The third-order valence-electron chi connectivity index (χ3n) is 4.15. The lowest BCUT2D eigenvalue weighted by molar-refractivity contribution is -0.122. The maximum absolute atomic E-state index is 12.7. The fourth-order valence-electron chi connectivity index (χ4n) is 3.18. The van der Waals surface area contributed by atoms with E-state index in [2.05, 4.69) is 16.9 Å². The quantitative estimate of drug-likeness (QED) is 0.838. The van der Waals surface area contributed by atoms with Gasteiger partial charge in [0.15, 0.2) is 0 Å². The Morgan fingerprint density at radius 2 is 2.18 bits per heavy atom. The van der Waals surface area contributed by atoms with Crippen LogP contribution in [-0.2, 0) is 4.79 Å². The molecule has 1 aromatic carbocycles. The van der Waals surface area contributed by atoms with Crippen molar-refractivity contribution in [1.82, 2.24) is 10.3 Å². The molecule has 1 aromatic heterocycles. The highest BCUT2D eigenvalue weighted by atomic mass is 16.3. The molecule has 4 rings (SSSR count). The molecule has 0 bridgehead atoms. The van der Waals surface area contributed by atoms with Crippen LogP contribution in [0.25, 0.3) is 10.9 Å². The van der Waals surface area contributed by atoms with Gasteiger partial charge in [-0.1, -0.05) is 6.58 Å². The summed E-state index contributed by atoms with van der Waals surface area (Å²) in [4.78, 5) is 30.6. The highest BCUT2D eigenvalue weighted by molar-refractivity contribution is 6.26. The largest absolute Gasteiger partial charge is 0.508 e. The second kappa shape index (κ2) is 4.30. The molecule has 1 fully saturated rings. The number of allylic oxidation sites excluding steroid dienone is 1. The monoisotopic (exact) mass is 295 g/mol. The first-order chi connectivity index (χ1) is 10.6. The summed E-state index contributed by atoms with van der Waals surface area (Å²) < 4.78 is 0. The van der Waals surface area contributed by atoms with E-state index in [0.29, 0.717) is 40.7 Å². The van der Waals surface area contributed by atoms with Gasteiger partial charge in [0.25, 0.3) is 5.91 Å². The van der Waals surface area contributed by atoms with Gasteiger partial charge in [0, 0.05) is 29.4 Å². The number of amides is 2. The average Bonchev–Trinajstić information content (AvgIpc) is 2.74. The Morgan fingerprint density at radius 3 is 2.95 bits per heavy atom. The average molecular weight is 295 g/mol. The van der Waals surface area contributed by atoms with E-state index in [1.807, 2.05) is 0 Å². The van der Waals surface area contributed by atoms with Crippen LogP contribution >= 0.6 is 0 Å². The Labute approximate surface area is 126 Å². The molecule has 110 valence electrons. The van der Waals surface area contributed by atoms with E-state index in [-0.39, 0.29) is 17.6 Å². The molecule has 2 aromatic rings. The van der Waals surface area contributed by atoms with E-state index in [0.717, 1.165) is 0 Å². The van der Waals surface area contributed by atoms with Gasteiger partial charge < -0.3 is 10.4 Å². The highest BCUT2D eigenvalue weighted by Crippen LogP contribution is 2.41. The predicted octanol–water partition coefficient (Wildman–Crippen LogP) is 1.69. The third kappa shape index (κ3) is 1.64. The number of nitrogens with zero attached hydrogens (tertiary/aromatic N) is 2. The van der Waals surface area contributed by atoms with Gasteiger partial charge in [-0.3, -0.25) is 19.5 Å². The number of aromatic hydroxyl groups is 1. The van der Waals surface area contributed by atoms with Crippen molar-refractivity contribution in [2.75, 3.05) is 4.90 Å². The van der Waals surface area contributed by atoms with Gasteiger partial charge in [-0.2, -0.15) is 0 Å². The first-order valence-corrected chi connectivity index (χ1v) is 7.00. The maximum atomic E-state index is 12.7. The standard InChI is InChI=1S/C16H13N3O3/c1-8-2-3-12(15(21)18-8)19-13-7-9(20)6-11-14(13)10(16(19)22)4-5-17-11/h4-7,12,20H,1-3H2,(H,18,21). The van der Waals surface area contributed by atoms with Crippen LogP contribution in [0, 0.1) is 0 Å². The molecule has 2 aliphatic heterocycles. The zero-order chi connectivity index (χ0) is 15.4. The minimum atomic E-state index is -0.601. The van der Waals surface area contributed by atoms with Crippen LogP contribution in [0.4, 0.5) is 5.69 Å². The van der Waals surface area contributed by atoms with Crippen LogP contribution in [0.3, 0.4) is 0 Å². The number of pyridine rings is 1. The Balaban J connectivity index is 1.89. The van der Waals surface area contributed by atoms with Crippen molar-refractivity contribution in [3.63, 3.8) is 0 Å². The Hall–Kier alpha value is -2.89. The molecule has 0 spiro atoms. The first-order valence-electron chi connectivity index (χ1n) is 7.00. The van der Waals surface area contributed by atoms with Gasteiger partial charge >= 0.3 is 0 Å². The molecule has 1 saturated heterocycles. The Morgan fingerprint density at radius 1 is 1.36 bits per heavy atom. The van der Waals surface area contributed by atoms with E-state index in [1.54, 1.807) is 6.07 Å². The molecule has 2 N–H and O–H groups in total. The Bertz CT molecular complexity index is 859. The summed E-state index contributed by atoms with van der Waals surface area (Å²) in [5, 5.41) is 13.3. The zero-order valence-corrected chi connectivity index (χ0v) is 11.7. The summed E-state index contributed by atoms with van der Waals surface area (Å²) in [7, 11) is 0. The number of piperidine rings is 1. The van der Waals surface area contributed by atoms with Gasteiger partial charge in [0.2, 0.25) is 5.91 Å². The number of hydrogen-bond donors (Lipinski definition) is 2. The summed E-state index contributed by atoms with van der Waals surface area (Å²) in [6.07, 6.45) is 2.66. The number of phenolic OH excluding ortho intramolecular Hbond substituents is 1. The molecule has 3 heterocycles. The molecule has 6 nitrogen and oxygen atoms in total. The number of aromatic nitrogens is 1. The number of phenols is 1. The number of rotatable bonds is 1. The summed E-state index contributed by atoms with van der Waals surface area (Å²) in [5.41, 5.74) is 2.25. The van der Waals surface area contributed by atoms with Crippen molar-refractivity contribution in [1.29, 1.82) is 0 Å². The van der Waals surface area contributed by atoms with E-state index in [1.165, 1.54) is 23.2 Å². The van der Waals surface area contributed by atoms with Gasteiger partial charge in [0.1, 0.15) is 11.8 Å². The van der Waals surface area contributed by atoms with Crippen molar-refractivity contribution in [2.45, 2.75) is 18.9 Å². The number of carbonyl (C=O) groups is 2. The van der Waals surface area contributed by atoms with Crippen LogP contribution in [0.1, 0.15) is 23.2 Å². The second-order valence-corrected chi connectivity index (χ2v) is 5.54. The van der Waals surface area contributed by atoms with Gasteiger partial charge in [0.05, 0.1) is 16.8 Å². The number of nitrogens with one attached hydrogen (secondary N) is 1. The lowest BCUT2D eigenvalue weighted by atomic mass is 10.0. The lowest BCUT2D eigenvalue weighted by Gasteiger charge is -2.31. The molecular formula is C16H13N3O3. The summed E-state index contributed by atoms with van der Waals surface area (Å²) in [6.45, 7) is 3.75. The number of anilines is 1. The molecule has 2 amide bonds. The van der Waals surface area contributed by atoms with Crippen molar-refractivity contribution in [3.8, 4) is 5.75 Å². The molecular weight excluding hydrogens is 282 g/mol. The molecule has 22 heavy (non-hydrogen) atoms. The summed E-state index contributed by atoms with van der Waals surface area (Å²) >= 11 is 0. The zero-order valence-electron chi connectivity index (χ0n) is 11.7. The van der Waals surface area contributed by atoms with Crippen LogP contribution in [0.5, 0.6) is 5.75 Å². The molecule has 0 aliphatic carbocycles. The van der Waals surface area contributed by atoms with Crippen LogP contribution in [0.15, 0.2) is 36.7 Å². The van der Waals surface area contributed by atoms with E-state index in [4.69, 9.17) is 0 Å². The molecule has 1 atom stereocenters. The van der Waals surface area contributed by atoms with Crippen molar-refractivity contribution in [3.05, 3.63) is 42.2 Å². The van der Waals surface area contributed by atoms with Crippen LogP contribution in [-0.4, -0.2) is 27.9 Å². The normalized spacial score (nSPS) is 20.6. The van der Waals surface area contributed by atoms with Gasteiger partial charge in [-0.25, -0.2) is 0 Å². The summed E-state index contributed by atoms with van der Waals surface area (Å²) in [5.74, 6) is -0.463. The maximum Gasteiger partial charge on any atom is 0.259 e. The van der Waals surface area contributed by atoms with E-state index < -0.39 is 6.04 Å². The highest BCUT2D eigenvalue weighted by Gasteiger charge is 2.40. The molecule has 0 saturated carbocycles. The molecule has 6 heteroatoms. The summed E-state index contributed by atoms with van der Waals surface area (Å²) in [6, 6.07) is 4.07. The smallest absolute Gasteiger partial charge is 0.259 e. The third-order valence-corrected chi connectivity index (χ3v) is 4.15. The SMILES string of the molecule is C=C1CCC(N2C(=O)c3ccnc4cc(O)cc2c34)C(=O)N1. The predicted molar refractivity (Wildman–Crippen MR) is 80.5 cm³/mol. The second-order valence-electron chi connectivity index (χ2n) is 5.54. The van der Waals surface area contributed by atoms with E-state index >= 15 is 0 Å². The topological polar surface area (TPSA) is 82.5 Å². The van der Waals surface area contributed by atoms with E-state index in [9.17, 15) is 14.7 Å². The number of carbonyl (C=O) groups excluding carboxylic acids is 2. The Kier molecular flexibility index (Phi) is 2.51. The minimum absolute atomic E-state index is 0.0208. The minimum Gasteiger partial charge on any atom is -0.508 e. The van der Waals surface area contributed by atoms with Crippen molar-refractivity contribution >= 4 is 28.4 Å². The fourth-order valence-corrected chi connectivity index (χ4v) is 3.18. The van der Waals surface area contributed by atoms with Crippen molar-refractivity contribution in [2.24, 2.45) is 0 Å². The van der Waals surface area contributed by atoms with Crippen LogP contribution in [0.2, 0.25) is 0 Å². The van der Waals surface area contributed by atoms with Gasteiger partial charge in [-0.05, 0) is 18.9 Å². The fraction of sp³-hybridized carbons (Fsp3) is 0.188. The molecule has 0 radical (unpaired) electrons. The molecule has 2 aliphatic rings. The lowest BCUT2D eigenvalue weighted by Crippen LogP contribution is -2.51.